The maximum absolute atomic E-state index is 11.3. The molecule has 0 bridgehead atoms. The number of Topliss-reactive ketones (excluding diaryl/α,β-unsaturated/α-hetero) is 1. The van der Waals surface area contributed by atoms with Crippen LogP contribution in [0.15, 0.2) is 24.4 Å². The van der Waals surface area contributed by atoms with Gasteiger partial charge in [-0.25, -0.2) is 0 Å². The molecule has 0 radical (unpaired) electrons. The highest BCUT2D eigenvalue weighted by Gasteiger charge is 2.25. The molecule has 1 heterocycles. The Bertz CT molecular complexity index is 558. The molecule has 16 heavy (non-hydrogen) atoms. The maximum atomic E-state index is 11.3. The van der Waals surface area contributed by atoms with Gasteiger partial charge in [0.05, 0.1) is 0 Å². The monoisotopic (exact) mass is 325 g/mol. The summed E-state index contributed by atoms with van der Waals surface area (Å²) in [5.41, 5.74) is 2.49. The summed E-state index contributed by atoms with van der Waals surface area (Å²) in [7, 11) is 0. The molecule has 0 saturated heterocycles. The molecule has 1 aliphatic rings. The lowest BCUT2D eigenvalue weighted by Gasteiger charge is -2.06. The molecule has 1 aromatic heterocycles. The van der Waals surface area contributed by atoms with Crippen LogP contribution in [0.4, 0.5) is 0 Å². The van der Waals surface area contributed by atoms with Crippen LogP contribution in [-0.2, 0) is 4.79 Å². The number of carbonyl (C=O) groups is 1. The Morgan fingerprint density at radius 2 is 2.25 bits per heavy atom. The smallest absolute Gasteiger partial charge is 0.133 e. The zero-order chi connectivity index (χ0) is 11.1. The molecule has 0 amide bonds. The quantitative estimate of drug-likeness (QED) is 0.799. The summed E-state index contributed by atoms with van der Waals surface area (Å²) in [4.78, 5) is 14.6. The summed E-state index contributed by atoms with van der Waals surface area (Å²) in [6.07, 6.45) is 4.56. The van der Waals surface area contributed by atoms with Gasteiger partial charge in [0.15, 0.2) is 0 Å². The molecule has 2 nitrogen and oxygen atoms in total. The molecular weight excluding hydrogens is 313 g/mol. The number of hydrogen-bond acceptors (Lipinski definition) is 1. The van der Waals surface area contributed by atoms with E-state index in [4.69, 9.17) is 0 Å². The number of fused-ring (bicyclic) bond motifs is 1. The number of rotatable bonds is 1. The molecule has 0 aliphatic heterocycles. The standard InChI is InChI=1S/C13H12INO/c14-9-2-4-13-11(6-9)12(7-15-13)8-1-3-10(16)5-8/h2,4,6-8,15H,1,3,5H2. The summed E-state index contributed by atoms with van der Waals surface area (Å²) in [6, 6.07) is 6.41. The molecule has 82 valence electrons. The average molecular weight is 325 g/mol. The van der Waals surface area contributed by atoms with Crippen LogP contribution in [-0.4, -0.2) is 10.8 Å². The normalized spacial score (nSPS) is 20.8. The van der Waals surface area contributed by atoms with Gasteiger partial charge in [-0.3, -0.25) is 4.79 Å². The van der Waals surface area contributed by atoms with Crippen molar-refractivity contribution in [2.24, 2.45) is 0 Å². The number of aromatic amines is 1. The minimum Gasteiger partial charge on any atom is -0.361 e. The van der Waals surface area contributed by atoms with Crippen LogP contribution in [0, 0.1) is 3.57 Å². The van der Waals surface area contributed by atoms with Crippen LogP contribution in [0.25, 0.3) is 10.9 Å². The van der Waals surface area contributed by atoms with Gasteiger partial charge in [0, 0.05) is 33.5 Å². The fourth-order valence-electron chi connectivity index (χ4n) is 2.53. The molecule has 1 saturated carbocycles. The second kappa shape index (κ2) is 3.87. The van der Waals surface area contributed by atoms with Crippen LogP contribution in [0.5, 0.6) is 0 Å². The van der Waals surface area contributed by atoms with Gasteiger partial charge in [0.25, 0.3) is 0 Å². The first-order valence-corrected chi connectivity index (χ1v) is 6.60. The first-order valence-electron chi connectivity index (χ1n) is 5.52. The Morgan fingerprint density at radius 3 is 3.00 bits per heavy atom. The molecule has 1 aromatic carbocycles. The van der Waals surface area contributed by atoms with E-state index >= 15 is 0 Å². The Hall–Kier alpha value is -0.840. The van der Waals surface area contributed by atoms with Crippen LogP contribution in [0.1, 0.15) is 30.7 Å². The summed E-state index contributed by atoms with van der Waals surface area (Å²) in [5, 5.41) is 1.28. The Kier molecular flexibility index (Phi) is 2.50. The first-order chi connectivity index (χ1) is 7.74. The Morgan fingerprint density at radius 1 is 1.38 bits per heavy atom. The highest BCUT2D eigenvalue weighted by molar-refractivity contribution is 14.1. The minimum absolute atomic E-state index is 0.407. The second-order valence-electron chi connectivity index (χ2n) is 4.41. The van der Waals surface area contributed by atoms with E-state index in [9.17, 15) is 4.79 Å². The summed E-state index contributed by atoms with van der Waals surface area (Å²) < 4.78 is 1.25. The van der Waals surface area contributed by atoms with E-state index in [0.717, 1.165) is 19.3 Å². The van der Waals surface area contributed by atoms with Crippen LogP contribution in [0.3, 0.4) is 0 Å². The Balaban J connectivity index is 2.09. The zero-order valence-corrected chi connectivity index (χ0v) is 11.0. The lowest BCUT2D eigenvalue weighted by molar-refractivity contribution is -0.117. The number of aromatic nitrogens is 1. The van der Waals surface area contributed by atoms with Crippen molar-refractivity contribution in [2.75, 3.05) is 0 Å². The number of halogens is 1. The number of benzene rings is 1. The SMILES string of the molecule is O=C1CCC(c2c[nH]c3ccc(I)cc23)C1. The molecule has 1 unspecified atom stereocenters. The van der Waals surface area contributed by atoms with E-state index < -0.39 is 0 Å². The number of nitrogens with one attached hydrogen (secondary N) is 1. The highest BCUT2D eigenvalue weighted by atomic mass is 127. The fourth-order valence-corrected chi connectivity index (χ4v) is 3.02. The van der Waals surface area contributed by atoms with Crippen molar-refractivity contribution in [3.8, 4) is 0 Å². The van der Waals surface area contributed by atoms with Crippen molar-refractivity contribution in [2.45, 2.75) is 25.2 Å². The van der Waals surface area contributed by atoms with E-state index in [1.807, 2.05) is 0 Å². The third kappa shape index (κ3) is 1.67. The van der Waals surface area contributed by atoms with E-state index in [0.29, 0.717) is 11.7 Å². The minimum atomic E-state index is 0.407. The van der Waals surface area contributed by atoms with Gasteiger partial charge >= 0.3 is 0 Å². The fraction of sp³-hybridized carbons (Fsp3) is 0.308. The van der Waals surface area contributed by atoms with Gasteiger partial charge in [-0.2, -0.15) is 0 Å². The second-order valence-corrected chi connectivity index (χ2v) is 5.66. The molecule has 1 aliphatic carbocycles. The first kappa shape index (κ1) is 10.3. The van der Waals surface area contributed by atoms with Gasteiger partial charge in [0.2, 0.25) is 0 Å². The van der Waals surface area contributed by atoms with Gasteiger partial charge in [-0.15, -0.1) is 0 Å². The van der Waals surface area contributed by atoms with Crippen molar-refractivity contribution < 1.29 is 4.79 Å². The average Bonchev–Trinajstić information content (AvgIpc) is 2.83. The van der Waals surface area contributed by atoms with Crippen LogP contribution in [0.2, 0.25) is 0 Å². The molecule has 1 fully saturated rings. The molecular formula is C13H12INO. The summed E-state index contributed by atoms with van der Waals surface area (Å²) in [5.74, 6) is 0.837. The van der Waals surface area contributed by atoms with Gasteiger partial charge < -0.3 is 4.98 Å². The summed E-state index contributed by atoms with van der Waals surface area (Å²) >= 11 is 2.33. The number of hydrogen-bond donors (Lipinski definition) is 1. The van der Waals surface area contributed by atoms with E-state index in [-0.39, 0.29) is 0 Å². The molecule has 1 N–H and O–H groups in total. The predicted molar refractivity (Wildman–Crippen MR) is 72.6 cm³/mol. The number of carbonyl (C=O) groups excluding carboxylic acids is 1. The van der Waals surface area contributed by atoms with Crippen LogP contribution >= 0.6 is 22.6 Å². The van der Waals surface area contributed by atoms with Crippen LogP contribution < -0.4 is 0 Å². The topological polar surface area (TPSA) is 32.9 Å². The molecule has 1 atom stereocenters. The molecule has 0 spiro atoms. The number of H-pyrrole nitrogens is 1. The highest BCUT2D eigenvalue weighted by Crippen LogP contribution is 2.36. The van der Waals surface area contributed by atoms with E-state index in [2.05, 4.69) is 52.0 Å². The zero-order valence-electron chi connectivity index (χ0n) is 8.79. The predicted octanol–water partition coefficient (Wildman–Crippen LogP) is 3.61. The number of ketones is 1. The van der Waals surface area contributed by atoms with Gasteiger partial charge in [0.1, 0.15) is 5.78 Å². The van der Waals surface area contributed by atoms with E-state index in [1.165, 1.54) is 20.0 Å². The van der Waals surface area contributed by atoms with Crippen molar-refractivity contribution in [3.63, 3.8) is 0 Å². The third-order valence-electron chi connectivity index (χ3n) is 3.36. The van der Waals surface area contributed by atoms with Crippen molar-refractivity contribution in [3.05, 3.63) is 33.5 Å². The molecule has 3 rings (SSSR count). The maximum Gasteiger partial charge on any atom is 0.133 e. The molecule has 2 aromatic rings. The Labute approximate surface area is 108 Å². The van der Waals surface area contributed by atoms with Gasteiger partial charge in [-0.1, -0.05) is 0 Å². The third-order valence-corrected chi connectivity index (χ3v) is 4.03. The lowest BCUT2D eigenvalue weighted by atomic mass is 9.97. The summed E-state index contributed by atoms with van der Waals surface area (Å²) in [6.45, 7) is 0. The largest absolute Gasteiger partial charge is 0.361 e. The van der Waals surface area contributed by atoms with Crippen molar-refractivity contribution in [1.82, 2.24) is 4.98 Å². The molecule has 3 heteroatoms. The van der Waals surface area contributed by atoms with E-state index in [1.54, 1.807) is 0 Å². The van der Waals surface area contributed by atoms with Gasteiger partial charge in [-0.05, 0) is 58.7 Å². The van der Waals surface area contributed by atoms with Crippen molar-refractivity contribution in [1.29, 1.82) is 0 Å². The van der Waals surface area contributed by atoms with Crippen molar-refractivity contribution >= 4 is 39.3 Å². The lowest BCUT2D eigenvalue weighted by Crippen LogP contribution is -1.92.